The maximum absolute atomic E-state index is 13.4. The molecule has 1 fully saturated rings. The first-order chi connectivity index (χ1) is 15.1. The van der Waals surface area contributed by atoms with Gasteiger partial charge in [-0.2, -0.15) is 0 Å². The molecule has 3 heterocycles. The van der Waals surface area contributed by atoms with Crippen LogP contribution in [0.1, 0.15) is 41.1 Å². The Hall–Kier alpha value is -2.64. The summed E-state index contributed by atoms with van der Waals surface area (Å²) in [6, 6.07) is 12.2. The van der Waals surface area contributed by atoms with Crippen molar-refractivity contribution >= 4 is 23.1 Å². The molecule has 1 aliphatic rings. The van der Waals surface area contributed by atoms with Crippen molar-refractivity contribution in [3.8, 4) is 11.3 Å². The van der Waals surface area contributed by atoms with Gasteiger partial charge in [0, 0.05) is 24.7 Å². The third kappa shape index (κ3) is 4.67. The molecule has 0 N–H and O–H groups in total. The van der Waals surface area contributed by atoms with E-state index in [4.69, 9.17) is 9.26 Å². The number of ether oxygens (including phenoxy) is 1. The van der Waals surface area contributed by atoms with E-state index in [-0.39, 0.29) is 11.9 Å². The zero-order valence-corrected chi connectivity index (χ0v) is 19.2. The lowest BCUT2D eigenvalue weighted by molar-refractivity contribution is 0.0676. The number of nitrogens with zero attached hydrogens (tertiary/aromatic N) is 3. The molecule has 1 aromatic carbocycles. The fourth-order valence-electron chi connectivity index (χ4n) is 3.84. The molecule has 0 radical (unpaired) electrons. The maximum atomic E-state index is 13.4. The van der Waals surface area contributed by atoms with Crippen molar-refractivity contribution in [2.24, 2.45) is 0 Å². The van der Waals surface area contributed by atoms with Gasteiger partial charge in [0.2, 0.25) is 5.88 Å². The van der Waals surface area contributed by atoms with E-state index in [9.17, 15) is 4.79 Å². The second-order valence-corrected chi connectivity index (χ2v) is 8.90. The van der Waals surface area contributed by atoms with Crippen LogP contribution in [0.5, 0.6) is 0 Å². The largest absolute Gasteiger partial charge is 0.378 e. The van der Waals surface area contributed by atoms with Crippen LogP contribution in [0.4, 0.5) is 5.88 Å². The zero-order chi connectivity index (χ0) is 21.8. The molecular formula is C24H29N3O3S. The first-order valence-electron chi connectivity index (χ1n) is 10.8. The van der Waals surface area contributed by atoms with Gasteiger partial charge in [-0.25, -0.2) is 0 Å². The van der Waals surface area contributed by atoms with Crippen molar-refractivity contribution in [2.75, 3.05) is 31.2 Å². The van der Waals surface area contributed by atoms with Gasteiger partial charge in [0.05, 0.1) is 30.2 Å². The zero-order valence-electron chi connectivity index (χ0n) is 18.3. The molecule has 1 saturated heterocycles. The number of hydrogen-bond acceptors (Lipinski definition) is 6. The third-order valence-electron chi connectivity index (χ3n) is 5.80. The second kappa shape index (κ2) is 9.66. The number of carbonyl (C=O) groups excluding carboxylic acids is 1. The normalized spacial score (nSPS) is 15.1. The van der Waals surface area contributed by atoms with E-state index in [1.165, 1.54) is 11.3 Å². The Balaban J connectivity index is 1.76. The molecule has 1 amide bonds. The van der Waals surface area contributed by atoms with Crippen molar-refractivity contribution in [1.82, 2.24) is 10.1 Å². The van der Waals surface area contributed by atoms with E-state index < -0.39 is 0 Å². The van der Waals surface area contributed by atoms with Gasteiger partial charge >= 0.3 is 0 Å². The van der Waals surface area contributed by atoms with Gasteiger partial charge in [-0.05, 0) is 37.8 Å². The monoisotopic (exact) mass is 439 g/mol. The van der Waals surface area contributed by atoms with E-state index in [0.29, 0.717) is 19.8 Å². The Morgan fingerprint density at radius 3 is 2.74 bits per heavy atom. The third-order valence-corrected chi connectivity index (χ3v) is 6.66. The molecule has 0 saturated carbocycles. The van der Waals surface area contributed by atoms with E-state index in [1.807, 2.05) is 34.5 Å². The second-order valence-electron chi connectivity index (χ2n) is 7.95. The fourth-order valence-corrected chi connectivity index (χ4v) is 4.52. The van der Waals surface area contributed by atoms with Crippen LogP contribution in [-0.2, 0) is 11.3 Å². The Morgan fingerprint density at radius 2 is 2.06 bits per heavy atom. The van der Waals surface area contributed by atoms with E-state index in [0.717, 1.165) is 52.7 Å². The van der Waals surface area contributed by atoms with Crippen LogP contribution in [0, 0.1) is 6.92 Å². The molecule has 0 spiro atoms. The SMILES string of the molecule is CC[C@@H](C)N(Cc1c(-c2cccc(C)c2)noc1N1CCOCC1)C(=O)c1cccs1. The number of thiophene rings is 1. The smallest absolute Gasteiger partial charge is 0.264 e. The number of aromatic nitrogens is 1. The van der Waals surface area contributed by atoms with E-state index in [2.05, 4.69) is 43.0 Å². The summed E-state index contributed by atoms with van der Waals surface area (Å²) in [6.45, 7) is 9.53. The van der Waals surface area contributed by atoms with Crippen LogP contribution in [0.3, 0.4) is 0 Å². The molecule has 1 aliphatic heterocycles. The Labute approximate surface area is 187 Å². The van der Waals surface area contributed by atoms with Gasteiger partial charge in [0.25, 0.3) is 5.91 Å². The number of carbonyl (C=O) groups is 1. The number of hydrogen-bond donors (Lipinski definition) is 0. The lowest BCUT2D eigenvalue weighted by Crippen LogP contribution is -2.39. The van der Waals surface area contributed by atoms with Crippen LogP contribution < -0.4 is 4.90 Å². The molecule has 0 unspecified atom stereocenters. The number of rotatable bonds is 7. The molecule has 3 aromatic rings. The molecule has 1 atom stereocenters. The van der Waals surface area contributed by atoms with Gasteiger partial charge in [-0.3, -0.25) is 4.79 Å². The number of anilines is 1. The van der Waals surface area contributed by atoms with Crippen molar-refractivity contribution in [2.45, 2.75) is 39.8 Å². The molecule has 0 bridgehead atoms. The Bertz CT molecular complexity index is 1010. The van der Waals surface area contributed by atoms with Crippen molar-refractivity contribution < 1.29 is 14.1 Å². The highest BCUT2D eigenvalue weighted by atomic mass is 32.1. The highest BCUT2D eigenvalue weighted by molar-refractivity contribution is 7.12. The molecule has 0 aliphatic carbocycles. The van der Waals surface area contributed by atoms with Gasteiger partial charge < -0.3 is 19.1 Å². The summed E-state index contributed by atoms with van der Waals surface area (Å²) in [4.78, 5) is 18.2. The van der Waals surface area contributed by atoms with Gasteiger partial charge in [-0.1, -0.05) is 41.9 Å². The van der Waals surface area contributed by atoms with Crippen molar-refractivity contribution in [3.05, 3.63) is 57.8 Å². The van der Waals surface area contributed by atoms with Gasteiger partial charge in [0.15, 0.2) is 0 Å². The quantitative estimate of drug-likeness (QED) is 0.519. The summed E-state index contributed by atoms with van der Waals surface area (Å²) in [5.74, 6) is 0.792. The standard InChI is InChI=1S/C24H29N3O3S/c1-4-18(3)27(23(28)21-9-6-14-31-21)16-20-22(19-8-5-7-17(2)15-19)25-30-24(20)26-10-12-29-13-11-26/h5-9,14-15,18H,4,10-13,16H2,1-3H3/t18-/m1/s1. The average molecular weight is 440 g/mol. The van der Waals surface area contributed by atoms with Crippen LogP contribution in [0.2, 0.25) is 0 Å². The topological polar surface area (TPSA) is 58.8 Å². The number of benzene rings is 1. The fraction of sp³-hybridized carbons (Fsp3) is 0.417. The van der Waals surface area contributed by atoms with E-state index >= 15 is 0 Å². The summed E-state index contributed by atoms with van der Waals surface area (Å²) in [6.07, 6.45) is 0.870. The highest BCUT2D eigenvalue weighted by Gasteiger charge is 2.29. The van der Waals surface area contributed by atoms with Crippen LogP contribution in [0.25, 0.3) is 11.3 Å². The summed E-state index contributed by atoms with van der Waals surface area (Å²) in [7, 11) is 0. The number of morpholine rings is 1. The highest BCUT2D eigenvalue weighted by Crippen LogP contribution is 2.34. The summed E-state index contributed by atoms with van der Waals surface area (Å²) in [5.41, 5.74) is 3.92. The first-order valence-corrected chi connectivity index (χ1v) is 11.7. The lowest BCUT2D eigenvalue weighted by Gasteiger charge is -2.31. The molecular weight excluding hydrogens is 410 g/mol. The van der Waals surface area contributed by atoms with Gasteiger partial charge in [-0.15, -0.1) is 11.3 Å². The predicted molar refractivity (Wildman–Crippen MR) is 124 cm³/mol. The lowest BCUT2D eigenvalue weighted by atomic mass is 10.0. The van der Waals surface area contributed by atoms with Crippen molar-refractivity contribution in [1.29, 1.82) is 0 Å². The Morgan fingerprint density at radius 1 is 1.26 bits per heavy atom. The van der Waals surface area contributed by atoms with Crippen molar-refractivity contribution in [3.63, 3.8) is 0 Å². The summed E-state index contributed by atoms with van der Waals surface area (Å²) >= 11 is 1.48. The number of amides is 1. The van der Waals surface area contributed by atoms with Crippen LogP contribution >= 0.6 is 11.3 Å². The van der Waals surface area contributed by atoms with Crippen LogP contribution in [0.15, 0.2) is 46.3 Å². The molecule has 7 heteroatoms. The Kier molecular flexibility index (Phi) is 6.73. The molecule has 164 valence electrons. The molecule has 4 rings (SSSR count). The maximum Gasteiger partial charge on any atom is 0.264 e. The molecule has 6 nitrogen and oxygen atoms in total. The molecule has 31 heavy (non-hydrogen) atoms. The van der Waals surface area contributed by atoms with Gasteiger partial charge in [0.1, 0.15) is 5.69 Å². The van der Waals surface area contributed by atoms with Crippen LogP contribution in [-0.4, -0.2) is 48.3 Å². The predicted octanol–water partition coefficient (Wildman–Crippen LogP) is 4.99. The summed E-state index contributed by atoms with van der Waals surface area (Å²) < 4.78 is 11.4. The minimum Gasteiger partial charge on any atom is -0.378 e. The minimum absolute atomic E-state index is 0.0497. The minimum atomic E-state index is 0.0497. The average Bonchev–Trinajstić information content (AvgIpc) is 3.47. The molecule has 2 aromatic heterocycles. The summed E-state index contributed by atoms with van der Waals surface area (Å²) in [5, 5.41) is 6.41. The first kappa shape index (κ1) is 21.6. The number of aryl methyl sites for hydroxylation is 1. The van der Waals surface area contributed by atoms with E-state index in [1.54, 1.807) is 0 Å².